The second kappa shape index (κ2) is 12.1. The van der Waals surface area contributed by atoms with Gasteiger partial charge in [-0.3, -0.25) is 25.6 Å². The third-order valence-electron chi connectivity index (χ3n) is 6.61. The number of likely N-dealkylation sites (N-methyl/N-ethyl adjacent to an activating group) is 1. The SMILES string of the molecule is CCc1nc(NNC(=O)[C@@H](CC2CCCC2)CN(O)C=O)c(F)c(N2CCN(CC)CC2)n1. The van der Waals surface area contributed by atoms with Crippen molar-refractivity contribution in [3.63, 3.8) is 0 Å². The molecule has 1 aromatic rings. The van der Waals surface area contributed by atoms with Gasteiger partial charge in [0.15, 0.2) is 11.6 Å². The number of aryl methyl sites for hydroxylation is 1. The van der Waals surface area contributed by atoms with Crippen LogP contribution in [0.2, 0.25) is 0 Å². The second-order valence-electron chi connectivity index (χ2n) is 8.83. The molecule has 1 atom stereocenters. The van der Waals surface area contributed by atoms with Gasteiger partial charge >= 0.3 is 0 Å². The number of rotatable bonds is 11. The van der Waals surface area contributed by atoms with Gasteiger partial charge in [0.25, 0.3) is 0 Å². The first-order valence-corrected chi connectivity index (χ1v) is 12.0. The average Bonchev–Trinajstić information content (AvgIpc) is 3.36. The van der Waals surface area contributed by atoms with E-state index in [0.717, 1.165) is 45.3 Å². The van der Waals surface area contributed by atoms with Crippen LogP contribution in [0.15, 0.2) is 0 Å². The van der Waals surface area contributed by atoms with Crippen LogP contribution in [0, 0.1) is 17.7 Å². The molecule has 1 aromatic heterocycles. The summed E-state index contributed by atoms with van der Waals surface area (Å²) in [5, 5.41) is 10.1. The Labute approximate surface area is 194 Å². The lowest BCUT2D eigenvalue weighted by Gasteiger charge is -2.35. The molecule has 0 spiro atoms. The van der Waals surface area contributed by atoms with Crippen LogP contribution in [0.1, 0.15) is 51.8 Å². The summed E-state index contributed by atoms with van der Waals surface area (Å²) in [5.41, 5.74) is 5.17. The number of hydrogen-bond acceptors (Lipinski definition) is 8. The fraction of sp³-hybridized carbons (Fsp3) is 0.727. The van der Waals surface area contributed by atoms with Gasteiger partial charge in [-0.2, -0.15) is 4.39 Å². The first-order chi connectivity index (χ1) is 15.9. The largest absolute Gasteiger partial charge is 0.351 e. The van der Waals surface area contributed by atoms with E-state index in [1.54, 1.807) is 0 Å². The standard InChI is InChI=1S/C22H36FN7O3/c1-3-18-24-20(19(23)21(25-18)29-11-9-28(4-2)10-12-29)26-27-22(32)17(14-30(33)15-31)13-16-7-5-6-8-16/h15-17,33H,3-14H2,1-2H3,(H,27,32)(H,24,25,26)/t17-/m0/s1. The van der Waals surface area contributed by atoms with Crippen LogP contribution in [-0.2, 0) is 16.0 Å². The normalized spacial score (nSPS) is 18.2. The van der Waals surface area contributed by atoms with Gasteiger partial charge in [-0.1, -0.05) is 39.5 Å². The number of halogens is 1. The molecule has 0 radical (unpaired) electrons. The Kier molecular flexibility index (Phi) is 9.19. The maximum absolute atomic E-state index is 15.3. The molecule has 10 nitrogen and oxygen atoms in total. The molecule has 33 heavy (non-hydrogen) atoms. The highest BCUT2D eigenvalue weighted by atomic mass is 19.1. The van der Waals surface area contributed by atoms with E-state index in [1.807, 2.05) is 11.8 Å². The summed E-state index contributed by atoms with van der Waals surface area (Å²) in [6, 6.07) is 0. The highest BCUT2D eigenvalue weighted by Gasteiger charge is 2.28. The van der Waals surface area contributed by atoms with E-state index < -0.39 is 17.6 Å². The summed E-state index contributed by atoms with van der Waals surface area (Å²) in [6.07, 6.45) is 5.65. The molecule has 0 bridgehead atoms. The van der Waals surface area contributed by atoms with Gasteiger partial charge in [0, 0.05) is 32.6 Å². The molecule has 184 valence electrons. The maximum Gasteiger partial charge on any atom is 0.243 e. The van der Waals surface area contributed by atoms with Gasteiger partial charge in [-0.25, -0.2) is 15.0 Å². The lowest BCUT2D eigenvalue weighted by atomic mass is 9.92. The van der Waals surface area contributed by atoms with Crippen molar-refractivity contribution in [1.29, 1.82) is 0 Å². The Bertz CT molecular complexity index is 798. The van der Waals surface area contributed by atoms with Crippen LogP contribution in [0.4, 0.5) is 16.0 Å². The van der Waals surface area contributed by atoms with Gasteiger partial charge in [-0.15, -0.1) is 0 Å². The molecule has 2 heterocycles. The van der Waals surface area contributed by atoms with Gasteiger partial charge in [0.05, 0.1) is 12.5 Å². The Morgan fingerprint density at radius 2 is 1.94 bits per heavy atom. The number of hydroxylamine groups is 2. The van der Waals surface area contributed by atoms with Crippen molar-refractivity contribution >= 4 is 24.0 Å². The van der Waals surface area contributed by atoms with Crippen molar-refractivity contribution in [1.82, 2.24) is 25.4 Å². The van der Waals surface area contributed by atoms with E-state index >= 15 is 4.39 Å². The van der Waals surface area contributed by atoms with Gasteiger partial charge in [-0.05, 0) is 18.9 Å². The van der Waals surface area contributed by atoms with Gasteiger partial charge in [0.1, 0.15) is 5.82 Å². The Hall–Kier alpha value is -2.53. The van der Waals surface area contributed by atoms with Crippen LogP contribution in [0.25, 0.3) is 0 Å². The Morgan fingerprint density at radius 1 is 1.24 bits per heavy atom. The van der Waals surface area contributed by atoms with Gasteiger partial charge in [0.2, 0.25) is 18.1 Å². The summed E-state index contributed by atoms with van der Waals surface area (Å²) >= 11 is 0. The molecular weight excluding hydrogens is 429 g/mol. The molecule has 11 heteroatoms. The molecule has 1 aliphatic carbocycles. The van der Waals surface area contributed by atoms with Crippen LogP contribution < -0.4 is 15.8 Å². The highest BCUT2D eigenvalue weighted by Crippen LogP contribution is 2.31. The fourth-order valence-electron chi connectivity index (χ4n) is 4.61. The highest BCUT2D eigenvalue weighted by molar-refractivity contribution is 5.80. The minimum Gasteiger partial charge on any atom is -0.351 e. The topological polar surface area (TPSA) is 114 Å². The molecule has 1 saturated carbocycles. The molecule has 1 aliphatic heterocycles. The van der Waals surface area contributed by atoms with E-state index in [9.17, 15) is 14.8 Å². The van der Waals surface area contributed by atoms with Crippen LogP contribution in [0.5, 0.6) is 0 Å². The zero-order valence-corrected chi connectivity index (χ0v) is 19.6. The summed E-state index contributed by atoms with van der Waals surface area (Å²) < 4.78 is 15.3. The van der Waals surface area contributed by atoms with E-state index in [1.165, 1.54) is 0 Å². The van der Waals surface area contributed by atoms with Crippen molar-refractivity contribution in [3.05, 3.63) is 11.6 Å². The second-order valence-corrected chi connectivity index (χ2v) is 8.83. The minimum atomic E-state index is -0.618. The molecule has 3 N–H and O–H groups in total. The number of nitrogens with zero attached hydrogens (tertiary/aromatic N) is 5. The number of carbonyl (C=O) groups is 2. The maximum atomic E-state index is 15.3. The van der Waals surface area contributed by atoms with Crippen LogP contribution in [-0.4, -0.2) is 76.7 Å². The zero-order chi connectivity index (χ0) is 23.8. The smallest absolute Gasteiger partial charge is 0.243 e. The number of piperazine rings is 1. The Morgan fingerprint density at radius 3 is 2.55 bits per heavy atom. The number of nitrogens with one attached hydrogen (secondary N) is 2. The van der Waals surface area contributed by atoms with Crippen molar-refractivity contribution in [2.24, 2.45) is 11.8 Å². The zero-order valence-electron chi connectivity index (χ0n) is 19.6. The van der Waals surface area contributed by atoms with Gasteiger partial charge < -0.3 is 9.80 Å². The van der Waals surface area contributed by atoms with Crippen LogP contribution >= 0.6 is 0 Å². The predicted octanol–water partition coefficient (Wildman–Crippen LogP) is 1.81. The first-order valence-electron chi connectivity index (χ1n) is 12.0. The van der Waals surface area contributed by atoms with Crippen molar-refractivity contribution in [2.75, 3.05) is 49.6 Å². The van der Waals surface area contributed by atoms with Crippen molar-refractivity contribution in [3.8, 4) is 0 Å². The molecule has 0 unspecified atom stereocenters. The number of anilines is 2. The molecule has 2 amide bonds. The monoisotopic (exact) mass is 465 g/mol. The molecular formula is C22H36FN7O3. The number of hydrazine groups is 1. The lowest BCUT2D eigenvalue weighted by Crippen LogP contribution is -2.47. The fourth-order valence-corrected chi connectivity index (χ4v) is 4.61. The third kappa shape index (κ3) is 6.73. The van der Waals surface area contributed by atoms with E-state index in [4.69, 9.17) is 0 Å². The molecule has 2 fully saturated rings. The number of hydrogen-bond donors (Lipinski definition) is 3. The Balaban J connectivity index is 1.70. The molecule has 3 rings (SSSR count). The van der Waals surface area contributed by atoms with E-state index in [-0.39, 0.29) is 24.6 Å². The summed E-state index contributed by atoms with van der Waals surface area (Å²) in [7, 11) is 0. The predicted molar refractivity (Wildman–Crippen MR) is 122 cm³/mol. The average molecular weight is 466 g/mol. The minimum absolute atomic E-state index is 0.0843. The summed E-state index contributed by atoms with van der Waals surface area (Å²) in [5.74, 6) is -0.646. The first kappa shape index (κ1) is 25.1. The quantitative estimate of drug-likeness (QED) is 0.258. The van der Waals surface area contributed by atoms with Crippen molar-refractivity contribution in [2.45, 2.75) is 52.4 Å². The number of carbonyl (C=O) groups excluding carboxylic acids is 2. The molecule has 2 aliphatic rings. The van der Waals surface area contributed by atoms with E-state index in [2.05, 4.69) is 32.6 Å². The summed E-state index contributed by atoms with van der Waals surface area (Å²) in [6.45, 7) is 7.82. The third-order valence-corrected chi connectivity index (χ3v) is 6.61. The van der Waals surface area contributed by atoms with E-state index in [0.29, 0.717) is 42.7 Å². The molecule has 0 aromatic carbocycles. The lowest BCUT2D eigenvalue weighted by molar-refractivity contribution is -0.154. The van der Waals surface area contributed by atoms with Crippen LogP contribution in [0.3, 0.4) is 0 Å². The number of aromatic nitrogens is 2. The van der Waals surface area contributed by atoms with Crippen molar-refractivity contribution < 1.29 is 19.2 Å². The molecule has 1 saturated heterocycles. The number of amides is 2. The summed E-state index contributed by atoms with van der Waals surface area (Å²) in [4.78, 5) is 36.6.